The van der Waals surface area contributed by atoms with E-state index in [2.05, 4.69) is 17.1 Å². The third-order valence-electron chi connectivity index (χ3n) is 5.96. The second-order valence-electron chi connectivity index (χ2n) is 8.22. The number of benzene rings is 2. The van der Waals surface area contributed by atoms with E-state index in [9.17, 15) is 14.7 Å². The molecule has 9 heteroatoms. The number of aryl methyl sites for hydroxylation is 1. The van der Waals surface area contributed by atoms with Gasteiger partial charge in [0.1, 0.15) is 5.82 Å². The smallest absolute Gasteiger partial charge is 0.332 e. The van der Waals surface area contributed by atoms with E-state index in [1.54, 1.807) is 11.6 Å². The zero-order valence-corrected chi connectivity index (χ0v) is 18.4. The molecular weight excluding hydrogens is 420 g/mol. The number of aliphatic hydroxyl groups is 1. The zero-order valence-electron chi connectivity index (χ0n) is 18.4. The Morgan fingerprint density at radius 3 is 2.45 bits per heavy atom. The van der Waals surface area contributed by atoms with Crippen molar-refractivity contribution in [3.8, 4) is 0 Å². The first-order chi connectivity index (χ1) is 15.9. The van der Waals surface area contributed by atoms with Gasteiger partial charge < -0.3 is 14.2 Å². The van der Waals surface area contributed by atoms with Crippen molar-refractivity contribution in [2.45, 2.75) is 25.6 Å². The topological polar surface area (TPSA) is 99.9 Å². The van der Waals surface area contributed by atoms with Gasteiger partial charge in [0.15, 0.2) is 11.2 Å². The van der Waals surface area contributed by atoms with Crippen molar-refractivity contribution < 1.29 is 5.11 Å². The monoisotopic (exact) mass is 444 g/mol. The van der Waals surface area contributed by atoms with E-state index >= 15 is 0 Å². The molecule has 5 rings (SSSR count). The maximum absolute atomic E-state index is 12.7. The van der Waals surface area contributed by atoms with Crippen LogP contribution in [-0.2, 0) is 33.6 Å². The Hall–Kier alpha value is -3.98. The predicted octanol–water partition coefficient (Wildman–Crippen LogP) is 1.44. The van der Waals surface area contributed by atoms with Gasteiger partial charge in [-0.05, 0) is 17.7 Å². The summed E-state index contributed by atoms with van der Waals surface area (Å²) in [5.41, 5.74) is 2.66. The van der Waals surface area contributed by atoms with Gasteiger partial charge in [0.2, 0.25) is 0 Å². The molecule has 1 N–H and O–H groups in total. The minimum Gasteiger partial charge on any atom is -0.389 e. The fourth-order valence-electron chi connectivity index (χ4n) is 4.27. The van der Waals surface area contributed by atoms with Gasteiger partial charge in [0, 0.05) is 20.5 Å². The number of para-hydroxylation sites is 2. The molecule has 0 radical (unpaired) electrons. The highest BCUT2D eigenvalue weighted by Crippen LogP contribution is 2.20. The van der Waals surface area contributed by atoms with E-state index in [1.165, 1.54) is 17.9 Å². The van der Waals surface area contributed by atoms with Gasteiger partial charge in [-0.1, -0.05) is 42.5 Å². The molecule has 0 aliphatic heterocycles. The molecule has 0 aliphatic carbocycles. The van der Waals surface area contributed by atoms with Crippen LogP contribution >= 0.6 is 0 Å². The Morgan fingerprint density at radius 1 is 0.939 bits per heavy atom. The molecule has 1 atom stereocenters. The summed E-state index contributed by atoms with van der Waals surface area (Å²) in [6, 6.07) is 17.9. The lowest BCUT2D eigenvalue weighted by atomic mass is 10.1. The molecule has 0 aliphatic rings. The number of hydrogen-bond donors (Lipinski definition) is 1. The molecule has 3 heterocycles. The Bertz CT molecular complexity index is 1580. The Balaban J connectivity index is 1.49. The number of imidazole rings is 2. The van der Waals surface area contributed by atoms with Gasteiger partial charge in [-0.15, -0.1) is 0 Å². The van der Waals surface area contributed by atoms with Crippen LogP contribution in [0.2, 0.25) is 0 Å². The summed E-state index contributed by atoms with van der Waals surface area (Å²) < 4.78 is 6.02. The molecule has 0 unspecified atom stereocenters. The van der Waals surface area contributed by atoms with Crippen LogP contribution in [0.1, 0.15) is 11.4 Å². The van der Waals surface area contributed by atoms with E-state index in [4.69, 9.17) is 4.98 Å². The van der Waals surface area contributed by atoms with E-state index in [1.807, 2.05) is 47.0 Å². The maximum Gasteiger partial charge on any atom is 0.332 e. The first-order valence-corrected chi connectivity index (χ1v) is 10.7. The van der Waals surface area contributed by atoms with Gasteiger partial charge in [0.05, 0.1) is 36.6 Å². The molecule has 0 spiro atoms. The lowest BCUT2D eigenvalue weighted by Crippen LogP contribution is -2.38. The van der Waals surface area contributed by atoms with Crippen molar-refractivity contribution in [1.82, 2.24) is 28.2 Å². The second-order valence-corrected chi connectivity index (χ2v) is 8.22. The Labute approximate surface area is 188 Å². The first-order valence-electron chi connectivity index (χ1n) is 10.7. The van der Waals surface area contributed by atoms with Crippen molar-refractivity contribution in [2.75, 3.05) is 0 Å². The van der Waals surface area contributed by atoms with Gasteiger partial charge in [-0.2, -0.15) is 0 Å². The van der Waals surface area contributed by atoms with Crippen LogP contribution in [0.4, 0.5) is 0 Å². The Morgan fingerprint density at radius 2 is 1.67 bits per heavy atom. The molecule has 5 aromatic rings. The van der Waals surface area contributed by atoms with Gasteiger partial charge in [-0.3, -0.25) is 13.9 Å². The van der Waals surface area contributed by atoms with Crippen LogP contribution in [0.15, 0.2) is 70.5 Å². The fourth-order valence-corrected chi connectivity index (χ4v) is 4.27. The summed E-state index contributed by atoms with van der Waals surface area (Å²) >= 11 is 0. The van der Waals surface area contributed by atoms with Gasteiger partial charge >= 0.3 is 5.69 Å². The highest BCUT2D eigenvalue weighted by atomic mass is 16.3. The normalized spacial score (nSPS) is 12.6. The molecule has 168 valence electrons. The molecule has 0 saturated carbocycles. The van der Waals surface area contributed by atoms with Gasteiger partial charge in [0.25, 0.3) is 5.56 Å². The third-order valence-corrected chi connectivity index (χ3v) is 5.96. The molecule has 0 bridgehead atoms. The molecule has 3 aromatic heterocycles. The van der Waals surface area contributed by atoms with E-state index in [-0.39, 0.29) is 6.54 Å². The quantitative estimate of drug-likeness (QED) is 0.427. The number of hydrogen-bond acceptors (Lipinski definition) is 5. The number of aliphatic hydroxyl groups excluding tert-OH is 1. The molecular formula is C24H24N6O3. The van der Waals surface area contributed by atoms with Crippen LogP contribution < -0.4 is 11.2 Å². The lowest BCUT2D eigenvalue weighted by Gasteiger charge is -2.16. The molecule has 0 fully saturated rings. The van der Waals surface area contributed by atoms with E-state index in [0.29, 0.717) is 24.1 Å². The highest BCUT2D eigenvalue weighted by molar-refractivity contribution is 5.76. The standard InChI is InChI=1S/C24H24N6O3/c1-27-22-21(23(32)28(2)24(27)33)29(15-25-22)13-17(31)14-30-19-11-7-6-10-18(19)26-20(30)12-16-8-4-3-5-9-16/h3-11,15,17,31H,12-14H2,1-2H3/t17-/m0/s1. The minimum atomic E-state index is -0.809. The summed E-state index contributed by atoms with van der Waals surface area (Å²) in [7, 11) is 3.01. The zero-order chi connectivity index (χ0) is 23.1. The highest BCUT2D eigenvalue weighted by Gasteiger charge is 2.19. The van der Waals surface area contributed by atoms with Crippen LogP contribution in [-0.4, -0.2) is 39.4 Å². The lowest BCUT2D eigenvalue weighted by molar-refractivity contribution is 0.136. The predicted molar refractivity (Wildman–Crippen MR) is 125 cm³/mol. The molecule has 33 heavy (non-hydrogen) atoms. The van der Waals surface area contributed by atoms with E-state index in [0.717, 1.165) is 27.0 Å². The van der Waals surface area contributed by atoms with Crippen LogP contribution in [0.3, 0.4) is 0 Å². The molecule has 9 nitrogen and oxygen atoms in total. The van der Waals surface area contributed by atoms with Crippen LogP contribution in [0.25, 0.3) is 22.2 Å². The average Bonchev–Trinajstić information content (AvgIpc) is 3.38. The number of nitrogens with zero attached hydrogens (tertiary/aromatic N) is 6. The van der Waals surface area contributed by atoms with E-state index < -0.39 is 17.4 Å². The number of fused-ring (bicyclic) bond motifs is 2. The summed E-state index contributed by atoms with van der Waals surface area (Å²) in [6.07, 6.45) is 1.32. The number of rotatable bonds is 6. The van der Waals surface area contributed by atoms with Crippen molar-refractivity contribution in [2.24, 2.45) is 14.1 Å². The Kier molecular flexibility index (Phi) is 5.18. The third kappa shape index (κ3) is 3.66. The maximum atomic E-state index is 12.7. The van der Waals surface area contributed by atoms with Gasteiger partial charge in [-0.25, -0.2) is 14.8 Å². The van der Waals surface area contributed by atoms with Crippen LogP contribution in [0.5, 0.6) is 0 Å². The fraction of sp³-hybridized carbons (Fsp3) is 0.250. The SMILES string of the molecule is Cn1c(=O)c2c(ncn2C[C@H](O)Cn2c(Cc3ccccc3)nc3ccccc32)n(C)c1=O. The first kappa shape index (κ1) is 20.9. The molecule has 0 amide bonds. The van der Waals surface area contributed by atoms with Crippen molar-refractivity contribution in [3.63, 3.8) is 0 Å². The summed E-state index contributed by atoms with van der Waals surface area (Å²) in [5.74, 6) is 0.857. The van der Waals surface area contributed by atoms with Crippen LogP contribution in [0, 0.1) is 0 Å². The summed E-state index contributed by atoms with van der Waals surface area (Å²) in [6.45, 7) is 0.454. The van der Waals surface area contributed by atoms with Crippen molar-refractivity contribution >= 4 is 22.2 Å². The summed E-state index contributed by atoms with van der Waals surface area (Å²) in [4.78, 5) is 33.9. The molecule has 2 aromatic carbocycles. The minimum absolute atomic E-state index is 0.154. The number of aromatic nitrogens is 6. The average molecular weight is 444 g/mol. The molecule has 0 saturated heterocycles. The van der Waals surface area contributed by atoms with Crippen molar-refractivity contribution in [3.05, 3.63) is 93.2 Å². The second kappa shape index (κ2) is 8.18. The van der Waals surface area contributed by atoms with Crippen molar-refractivity contribution in [1.29, 1.82) is 0 Å². The largest absolute Gasteiger partial charge is 0.389 e. The summed E-state index contributed by atoms with van der Waals surface area (Å²) in [5, 5.41) is 11.0.